The summed E-state index contributed by atoms with van der Waals surface area (Å²) in [6.07, 6.45) is 0. The standard InChI is InChI=1S/C6H2F5N.H2/c7-1-2(8)4(10)6(12)5(11)3(1)9;/h12H2;1H. The molecule has 0 saturated heterocycles. The van der Waals surface area contributed by atoms with E-state index in [-0.39, 0.29) is 1.43 Å². The smallest absolute Gasteiger partial charge is 0.200 e. The summed E-state index contributed by atoms with van der Waals surface area (Å²) in [5, 5.41) is 0. The van der Waals surface area contributed by atoms with Gasteiger partial charge in [0, 0.05) is 1.43 Å². The van der Waals surface area contributed by atoms with Crippen LogP contribution < -0.4 is 5.73 Å². The lowest BCUT2D eigenvalue weighted by Gasteiger charge is -2.02. The molecule has 0 unspecified atom stereocenters. The first-order valence-corrected chi connectivity index (χ1v) is 2.73. The first-order chi connectivity index (χ1) is 5.46. The molecule has 0 heterocycles. The van der Waals surface area contributed by atoms with Crippen LogP contribution in [-0.4, -0.2) is 0 Å². The third-order valence-electron chi connectivity index (χ3n) is 1.24. The Bertz CT molecular complexity index is 235. The molecule has 1 nitrogen and oxygen atoms in total. The molecule has 0 saturated carbocycles. The minimum atomic E-state index is -2.21. The van der Waals surface area contributed by atoms with Crippen LogP contribution in [0, 0.1) is 29.1 Å². The Morgan fingerprint density at radius 1 is 0.667 bits per heavy atom. The number of halogens is 5. The Hall–Kier alpha value is -1.33. The molecule has 1 aromatic carbocycles. The van der Waals surface area contributed by atoms with E-state index in [4.69, 9.17) is 0 Å². The Labute approximate surface area is 65.1 Å². The van der Waals surface area contributed by atoms with Crippen molar-refractivity contribution in [3.63, 3.8) is 0 Å². The second kappa shape index (κ2) is 2.62. The first kappa shape index (κ1) is 8.76. The van der Waals surface area contributed by atoms with Gasteiger partial charge in [0.15, 0.2) is 23.3 Å². The second-order valence-electron chi connectivity index (χ2n) is 1.98. The average molecular weight is 185 g/mol. The maximum Gasteiger partial charge on any atom is 0.200 e. The van der Waals surface area contributed by atoms with Gasteiger partial charge in [0.05, 0.1) is 0 Å². The van der Waals surface area contributed by atoms with Gasteiger partial charge in [-0.2, -0.15) is 0 Å². The number of rotatable bonds is 0. The molecule has 2 N–H and O–H groups in total. The summed E-state index contributed by atoms with van der Waals surface area (Å²) < 4.78 is 61.1. The van der Waals surface area contributed by atoms with Crippen molar-refractivity contribution in [2.75, 3.05) is 5.73 Å². The molecular weight excluding hydrogens is 181 g/mol. The van der Waals surface area contributed by atoms with Crippen LogP contribution in [0.25, 0.3) is 0 Å². The first-order valence-electron chi connectivity index (χ1n) is 2.73. The quantitative estimate of drug-likeness (QED) is 0.285. The Kier molecular flexibility index (Phi) is 1.91. The maximum atomic E-state index is 12.3. The fraction of sp³-hybridized carbons (Fsp3) is 0. The molecular formula is C6H4F5N. The van der Waals surface area contributed by atoms with E-state index in [2.05, 4.69) is 5.73 Å². The van der Waals surface area contributed by atoms with Crippen LogP contribution in [0.3, 0.4) is 0 Å². The van der Waals surface area contributed by atoms with E-state index in [1.807, 2.05) is 0 Å². The summed E-state index contributed by atoms with van der Waals surface area (Å²) in [5.41, 5.74) is 3.19. The monoisotopic (exact) mass is 185 g/mol. The van der Waals surface area contributed by atoms with E-state index in [1.54, 1.807) is 0 Å². The summed E-state index contributed by atoms with van der Waals surface area (Å²) in [4.78, 5) is 0. The fourth-order valence-corrected chi connectivity index (χ4v) is 0.622. The summed E-state index contributed by atoms with van der Waals surface area (Å²) in [6.45, 7) is 0. The highest BCUT2D eigenvalue weighted by molar-refractivity contribution is 5.42. The van der Waals surface area contributed by atoms with Crippen molar-refractivity contribution in [1.29, 1.82) is 0 Å². The van der Waals surface area contributed by atoms with Crippen LogP contribution in [0.4, 0.5) is 27.6 Å². The third-order valence-corrected chi connectivity index (χ3v) is 1.24. The van der Waals surface area contributed by atoms with Gasteiger partial charge in [0.1, 0.15) is 5.69 Å². The topological polar surface area (TPSA) is 26.0 Å². The van der Waals surface area contributed by atoms with Crippen LogP contribution >= 0.6 is 0 Å². The molecule has 0 aromatic heterocycles. The van der Waals surface area contributed by atoms with Crippen molar-refractivity contribution in [1.82, 2.24) is 0 Å². The van der Waals surface area contributed by atoms with Gasteiger partial charge in [0.2, 0.25) is 5.82 Å². The van der Waals surface area contributed by atoms with E-state index >= 15 is 0 Å². The molecule has 0 bridgehead atoms. The lowest BCUT2D eigenvalue weighted by atomic mass is 10.2. The fourth-order valence-electron chi connectivity index (χ4n) is 0.622. The van der Waals surface area contributed by atoms with E-state index < -0.39 is 34.8 Å². The highest BCUT2D eigenvalue weighted by atomic mass is 19.2. The van der Waals surface area contributed by atoms with Gasteiger partial charge in [-0.05, 0) is 0 Å². The molecule has 0 atom stereocenters. The summed E-state index contributed by atoms with van der Waals surface area (Å²) in [5.74, 6) is -10.3. The van der Waals surface area contributed by atoms with Gasteiger partial charge in [-0.15, -0.1) is 0 Å². The largest absolute Gasteiger partial charge is 0.394 e. The molecule has 68 valence electrons. The molecule has 1 aromatic rings. The zero-order chi connectivity index (χ0) is 9.46. The van der Waals surface area contributed by atoms with E-state index in [0.29, 0.717) is 0 Å². The highest BCUT2D eigenvalue weighted by Crippen LogP contribution is 2.23. The van der Waals surface area contributed by atoms with Crippen LogP contribution in [0.5, 0.6) is 0 Å². The maximum absolute atomic E-state index is 12.3. The van der Waals surface area contributed by atoms with E-state index in [0.717, 1.165) is 0 Å². The molecule has 1 rings (SSSR count). The SMILES string of the molecule is Nc1c(F)c(F)c(F)c(F)c1F.[HH]. The molecule has 12 heavy (non-hydrogen) atoms. The van der Waals surface area contributed by atoms with Crippen molar-refractivity contribution in [3.8, 4) is 0 Å². The Balaban J connectivity index is 0.00000144. The average Bonchev–Trinajstić information content (AvgIpc) is 2.08. The van der Waals surface area contributed by atoms with Gasteiger partial charge in [-0.3, -0.25) is 0 Å². The molecule has 0 aliphatic carbocycles. The number of hydrogen-bond acceptors (Lipinski definition) is 1. The summed E-state index contributed by atoms with van der Waals surface area (Å²) >= 11 is 0. The Morgan fingerprint density at radius 3 is 1.25 bits per heavy atom. The van der Waals surface area contributed by atoms with Crippen molar-refractivity contribution in [2.24, 2.45) is 0 Å². The predicted octanol–water partition coefficient (Wildman–Crippen LogP) is 2.21. The van der Waals surface area contributed by atoms with Gasteiger partial charge < -0.3 is 5.73 Å². The van der Waals surface area contributed by atoms with Gasteiger partial charge in [-0.1, -0.05) is 0 Å². The molecule has 0 amide bonds. The minimum absolute atomic E-state index is 0. The third kappa shape index (κ3) is 0.992. The van der Waals surface area contributed by atoms with Crippen molar-refractivity contribution < 1.29 is 23.4 Å². The Morgan fingerprint density at radius 2 is 0.917 bits per heavy atom. The van der Waals surface area contributed by atoms with Gasteiger partial charge >= 0.3 is 0 Å². The zero-order valence-electron chi connectivity index (χ0n) is 5.47. The zero-order valence-corrected chi connectivity index (χ0v) is 5.47. The summed E-state index contributed by atoms with van der Waals surface area (Å²) in [6, 6.07) is 0. The molecule has 0 spiro atoms. The molecule has 6 heteroatoms. The van der Waals surface area contributed by atoms with Gasteiger partial charge in [0.25, 0.3) is 0 Å². The van der Waals surface area contributed by atoms with E-state index in [9.17, 15) is 22.0 Å². The number of benzene rings is 1. The molecule has 0 radical (unpaired) electrons. The van der Waals surface area contributed by atoms with Crippen molar-refractivity contribution in [2.45, 2.75) is 0 Å². The predicted molar refractivity (Wildman–Crippen MR) is 32.8 cm³/mol. The van der Waals surface area contributed by atoms with Crippen molar-refractivity contribution >= 4 is 5.69 Å². The lowest BCUT2D eigenvalue weighted by molar-refractivity contribution is 0.382. The molecule has 0 aliphatic heterocycles. The van der Waals surface area contributed by atoms with Crippen LogP contribution in [0.1, 0.15) is 1.43 Å². The number of hydrogen-bond donors (Lipinski definition) is 1. The normalized spacial score (nSPS) is 10.4. The number of anilines is 1. The van der Waals surface area contributed by atoms with E-state index in [1.165, 1.54) is 0 Å². The van der Waals surface area contributed by atoms with Crippen molar-refractivity contribution in [3.05, 3.63) is 29.1 Å². The number of nitrogen functional groups attached to an aromatic ring is 1. The van der Waals surface area contributed by atoms with Gasteiger partial charge in [-0.25, -0.2) is 22.0 Å². The minimum Gasteiger partial charge on any atom is -0.394 e. The number of nitrogens with two attached hydrogens (primary N) is 1. The second-order valence-corrected chi connectivity index (χ2v) is 1.98. The van der Waals surface area contributed by atoms with Crippen LogP contribution in [-0.2, 0) is 0 Å². The van der Waals surface area contributed by atoms with Crippen LogP contribution in [0.2, 0.25) is 0 Å². The van der Waals surface area contributed by atoms with Crippen LogP contribution in [0.15, 0.2) is 0 Å². The highest BCUT2D eigenvalue weighted by Gasteiger charge is 2.23. The lowest BCUT2D eigenvalue weighted by Crippen LogP contribution is -2.05. The summed E-state index contributed by atoms with van der Waals surface area (Å²) in [7, 11) is 0. The molecule has 0 aliphatic rings. The molecule has 0 fully saturated rings.